The van der Waals surface area contributed by atoms with Crippen LogP contribution in [0.15, 0.2) is 24.4 Å². The highest BCUT2D eigenvalue weighted by Crippen LogP contribution is 2.07. The van der Waals surface area contributed by atoms with Crippen LogP contribution in [0.5, 0.6) is 0 Å². The molecule has 0 aliphatic carbocycles. The highest BCUT2D eigenvalue weighted by Gasteiger charge is 2.07. The van der Waals surface area contributed by atoms with E-state index >= 15 is 0 Å². The quantitative estimate of drug-likeness (QED) is 0.706. The normalized spacial score (nSPS) is 10.1. The molecule has 1 amide bonds. The first-order valence-electron chi connectivity index (χ1n) is 4.23. The van der Waals surface area contributed by atoms with Gasteiger partial charge in [-0.3, -0.25) is 9.78 Å². The van der Waals surface area contributed by atoms with Gasteiger partial charge in [0.1, 0.15) is 12.2 Å². The number of tetrazole rings is 1. The molecule has 7 heteroatoms. The SMILES string of the molecule is NC(=O)Cn1nnc(-c2ccccn2)n1. The van der Waals surface area contributed by atoms with Crippen LogP contribution >= 0.6 is 0 Å². The van der Waals surface area contributed by atoms with Gasteiger partial charge in [-0.05, 0) is 17.3 Å². The van der Waals surface area contributed by atoms with Gasteiger partial charge in [-0.1, -0.05) is 6.07 Å². The Morgan fingerprint density at radius 3 is 3.00 bits per heavy atom. The zero-order chi connectivity index (χ0) is 10.7. The van der Waals surface area contributed by atoms with Crippen LogP contribution in [-0.4, -0.2) is 31.1 Å². The van der Waals surface area contributed by atoms with Gasteiger partial charge in [-0.15, -0.1) is 10.2 Å². The summed E-state index contributed by atoms with van der Waals surface area (Å²) in [7, 11) is 0. The highest BCUT2D eigenvalue weighted by atomic mass is 16.1. The Balaban J connectivity index is 2.24. The van der Waals surface area contributed by atoms with Crippen molar-refractivity contribution in [2.45, 2.75) is 6.54 Å². The largest absolute Gasteiger partial charge is 0.368 e. The van der Waals surface area contributed by atoms with Crippen molar-refractivity contribution in [2.24, 2.45) is 5.73 Å². The van der Waals surface area contributed by atoms with Crippen molar-refractivity contribution in [3.05, 3.63) is 24.4 Å². The van der Waals surface area contributed by atoms with Crippen molar-refractivity contribution >= 4 is 5.91 Å². The third-order valence-corrected chi connectivity index (χ3v) is 1.64. The molecule has 0 aliphatic heterocycles. The fourth-order valence-electron chi connectivity index (χ4n) is 1.05. The molecule has 0 aliphatic rings. The second-order valence-electron chi connectivity index (χ2n) is 2.82. The fraction of sp³-hybridized carbons (Fsp3) is 0.125. The molecule has 2 N–H and O–H groups in total. The number of hydrogen-bond donors (Lipinski definition) is 1. The molecule has 0 bridgehead atoms. The number of carbonyl (C=O) groups is 1. The molecule has 7 nitrogen and oxygen atoms in total. The van der Waals surface area contributed by atoms with Crippen molar-refractivity contribution < 1.29 is 4.79 Å². The summed E-state index contributed by atoms with van der Waals surface area (Å²) in [5.74, 6) is -0.142. The number of primary amides is 1. The molecule has 2 rings (SSSR count). The number of pyridine rings is 1. The van der Waals surface area contributed by atoms with Crippen LogP contribution in [0.4, 0.5) is 0 Å². The molecule has 0 unspecified atom stereocenters. The highest BCUT2D eigenvalue weighted by molar-refractivity contribution is 5.73. The van der Waals surface area contributed by atoms with E-state index < -0.39 is 5.91 Å². The Kier molecular flexibility index (Phi) is 2.36. The first kappa shape index (κ1) is 9.25. The lowest BCUT2D eigenvalue weighted by Gasteiger charge is -1.92. The predicted octanol–water partition coefficient (Wildman–Crippen LogP) is -0.780. The van der Waals surface area contributed by atoms with E-state index in [1.807, 2.05) is 6.07 Å². The van der Waals surface area contributed by atoms with Crippen LogP contribution in [0.25, 0.3) is 11.5 Å². The molecular weight excluding hydrogens is 196 g/mol. The molecule has 0 fully saturated rings. The summed E-state index contributed by atoms with van der Waals surface area (Å²) in [5, 5.41) is 11.4. The third-order valence-electron chi connectivity index (χ3n) is 1.64. The summed E-state index contributed by atoms with van der Waals surface area (Å²) >= 11 is 0. The van der Waals surface area contributed by atoms with Crippen molar-refractivity contribution in [3.8, 4) is 11.5 Å². The van der Waals surface area contributed by atoms with Crippen molar-refractivity contribution in [3.63, 3.8) is 0 Å². The van der Waals surface area contributed by atoms with Crippen molar-refractivity contribution in [2.75, 3.05) is 0 Å². The molecule has 76 valence electrons. The zero-order valence-electron chi connectivity index (χ0n) is 7.74. The van der Waals surface area contributed by atoms with Crippen LogP contribution in [0.2, 0.25) is 0 Å². The number of aromatic nitrogens is 5. The molecule has 0 saturated carbocycles. The second-order valence-corrected chi connectivity index (χ2v) is 2.82. The summed E-state index contributed by atoms with van der Waals surface area (Å²) in [5.41, 5.74) is 5.59. The molecule has 0 radical (unpaired) electrons. The average molecular weight is 204 g/mol. The van der Waals surface area contributed by atoms with E-state index in [0.717, 1.165) is 4.80 Å². The van der Waals surface area contributed by atoms with Crippen molar-refractivity contribution in [1.29, 1.82) is 0 Å². The van der Waals surface area contributed by atoms with Crippen LogP contribution in [0.3, 0.4) is 0 Å². The maximum Gasteiger partial charge on any atom is 0.241 e. The molecule has 15 heavy (non-hydrogen) atoms. The minimum absolute atomic E-state index is 0.0835. The van der Waals surface area contributed by atoms with Gasteiger partial charge in [0.15, 0.2) is 0 Å². The number of amides is 1. The van der Waals surface area contributed by atoms with E-state index in [2.05, 4.69) is 20.4 Å². The number of hydrogen-bond acceptors (Lipinski definition) is 5. The minimum atomic E-state index is -0.514. The topological polar surface area (TPSA) is 99.6 Å². The van der Waals surface area contributed by atoms with Crippen LogP contribution in [0.1, 0.15) is 0 Å². The predicted molar refractivity (Wildman–Crippen MR) is 50.2 cm³/mol. The number of nitrogens with zero attached hydrogens (tertiary/aromatic N) is 5. The summed E-state index contributed by atoms with van der Waals surface area (Å²) in [6.45, 7) is -0.0835. The van der Waals surface area contributed by atoms with Crippen molar-refractivity contribution in [1.82, 2.24) is 25.2 Å². The van der Waals surface area contributed by atoms with Gasteiger partial charge >= 0.3 is 0 Å². The maximum absolute atomic E-state index is 10.6. The van der Waals surface area contributed by atoms with Gasteiger partial charge < -0.3 is 5.73 Å². The Bertz CT molecular complexity index is 465. The molecule has 0 atom stereocenters. The molecular formula is C8H8N6O. The molecule has 0 saturated heterocycles. The van der Waals surface area contributed by atoms with E-state index in [4.69, 9.17) is 5.73 Å². The lowest BCUT2D eigenvalue weighted by atomic mass is 10.3. The number of carbonyl (C=O) groups excluding carboxylic acids is 1. The maximum atomic E-state index is 10.6. The van der Waals surface area contributed by atoms with Gasteiger partial charge in [0, 0.05) is 6.20 Å². The fourth-order valence-corrected chi connectivity index (χ4v) is 1.05. The molecule has 2 aromatic heterocycles. The van der Waals surface area contributed by atoms with Gasteiger partial charge in [0.25, 0.3) is 0 Å². The Hall–Kier alpha value is -2.31. The Morgan fingerprint density at radius 2 is 2.33 bits per heavy atom. The van der Waals surface area contributed by atoms with Gasteiger partial charge in [0.2, 0.25) is 11.7 Å². The first-order valence-corrected chi connectivity index (χ1v) is 4.23. The van der Waals surface area contributed by atoms with E-state index in [1.165, 1.54) is 0 Å². The standard InChI is InChI=1S/C8H8N6O/c9-7(15)5-14-12-8(11-13-14)6-3-1-2-4-10-6/h1-4H,5H2,(H2,9,15). The molecule has 0 aromatic carbocycles. The Morgan fingerprint density at radius 1 is 1.47 bits per heavy atom. The first-order chi connectivity index (χ1) is 7.25. The molecule has 2 heterocycles. The van der Waals surface area contributed by atoms with Crippen LogP contribution in [0, 0.1) is 0 Å². The van der Waals surface area contributed by atoms with E-state index in [-0.39, 0.29) is 6.54 Å². The number of rotatable bonds is 3. The minimum Gasteiger partial charge on any atom is -0.368 e. The summed E-state index contributed by atoms with van der Waals surface area (Å²) in [4.78, 5) is 15.8. The lowest BCUT2D eigenvalue weighted by molar-refractivity contribution is -0.118. The van der Waals surface area contributed by atoms with Gasteiger partial charge in [0.05, 0.1) is 0 Å². The molecule has 2 aromatic rings. The smallest absolute Gasteiger partial charge is 0.241 e. The summed E-state index contributed by atoms with van der Waals surface area (Å²) in [6.07, 6.45) is 1.63. The Labute approximate surface area is 84.9 Å². The van der Waals surface area contributed by atoms with Gasteiger partial charge in [-0.2, -0.15) is 4.80 Å². The average Bonchev–Trinajstić information content (AvgIpc) is 2.67. The van der Waals surface area contributed by atoms with Crippen LogP contribution in [-0.2, 0) is 11.3 Å². The molecule has 0 spiro atoms. The summed E-state index contributed by atoms with van der Waals surface area (Å²) in [6, 6.07) is 5.36. The summed E-state index contributed by atoms with van der Waals surface area (Å²) < 4.78 is 0. The van der Waals surface area contributed by atoms with Crippen LogP contribution < -0.4 is 5.73 Å². The van der Waals surface area contributed by atoms with E-state index in [9.17, 15) is 4.79 Å². The zero-order valence-corrected chi connectivity index (χ0v) is 7.74. The van der Waals surface area contributed by atoms with E-state index in [1.54, 1.807) is 18.3 Å². The number of nitrogens with two attached hydrogens (primary N) is 1. The lowest BCUT2D eigenvalue weighted by Crippen LogP contribution is -2.20. The van der Waals surface area contributed by atoms with Gasteiger partial charge in [-0.25, -0.2) is 0 Å². The second kappa shape index (κ2) is 3.82. The monoisotopic (exact) mass is 204 g/mol. The third kappa shape index (κ3) is 2.13. The van der Waals surface area contributed by atoms with E-state index in [0.29, 0.717) is 11.5 Å².